The molecule has 7 nitrogen and oxygen atoms in total. The predicted molar refractivity (Wildman–Crippen MR) is 72.2 cm³/mol. The third-order valence-electron chi connectivity index (χ3n) is 2.88. The van der Waals surface area contributed by atoms with E-state index in [1.165, 1.54) is 24.6 Å². The van der Waals surface area contributed by atoms with E-state index in [9.17, 15) is 9.59 Å². The van der Waals surface area contributed by atoms with Crippen LogP contribution in [0, 0.1) is 5.92 Å². The minimum Gasteiger partial charge on any atom is -0.461 e. The quantitative estimate of drug-likeness (QED) is 0.914. The second-order valence-corrected chi connectivity index (χ2v) is 4.38. The number of hydrogen-bond acceptors (Lipinski definition) is 5. The monoisotopic (exact) mass is 285 g/mol. The van der Waals surface area contributed by atoms with Crippen molar-refractivity contribution in [2.45, 2.75) is 6.54 Å². The minimum atomic E-state index is -0.542. The Morgan fingerprint density at radius 3 is 3.00 bits per heavy atom. The van der Waals surface area contributed by atoms with Crippen molar-refractivity contribution < 1.29 is 18.5 Å². The van der Waals surface area contributed by atoms with Crippen LogP contribution in [0.1, 0.15) is 5.69 Å². The lowest BCUT2D eigenvalue weighted by Crippen LogP contribution is -2.31. The summed E-state index contributed by atoms with van der Waals surface area (Å²) in [6.45, 7) is 0.217. The van der Waals surface area contributed by atoms with Gasteiger partial charge in [0.15, 0.2) is 5.76 Å². The van der Waals surface area contributed by atoms with Gasteiger partial charge >= 0.3 is 0 Å². The number of rotatable bonds is 4. The Labute approximate surface area is 119 Å². The molecule has 0 bridgehead atoms. The van der Waals surface area contributed by atoms with Gasteiger partial charge in [-0.3, -0.25) is 9.59 Å². The van der Waals surface area contributed by atoms with Gasteiger partial charge in [0.25, 0.3) is 5.91 Å². The van der Waals surface area contributed by atoms with E-state index < -0.39 is 5.92 Å². The molecule has 0 radical (unpaired) electrons. The topological polar surface area (TPSA) is 97.7 Å². The van der Waals surface area contributed by atoms with E-state index >= 15 is 0 Å². The molecule has 1 aliphatic heterocycles. The molecule has 0 saturated heterocycles. The molecule has 0 fully saturated rings. The normalized spacial score (nSPS) is 17.1. The zero-order valence-corrected chi connectivity index (χ0v) is 10.9. The van der Waals surface area contributed by atoms with Crippen LogP contribution in [0.25, 0.3) is 11.5 Å². The van der Waals surface area contributed by atoms with Crippen LogP contribution in [0.2, 0.25) is 0 Å². The fourth-order valence-electron chi connectivity index (χ4n) is 1.81. The molecule has 1 unspecified atom stereocenters. The maximum absolute atomic E-state index is 11.9. The number of dihydropyridines is 1. The van der Waals surface area contributed by atoms with E-state index in [0.717, 1.165) is 0 Å². The van der Waals surface area contributed by atoms with Crippen molar-refractivity contribution in [1.82, 2.24) is 10.5 Å². The van der Waals surface area contributed by atoms with Crippen molar-refractivity contribution in [2.75, 3.05) is 0 Å². The number of carbonyl (C=O) groups excluding carboxylic acids is 2. The van der Waals surface area contributed by atoms with Gasteiger partial charge < -0.3 is 14.3 Å². The number of hydrogen-bond donors (Lipinski definition) is 1. The molecule has 1 N–H and O–H groups in total. The average molecular weight is 285 g/mol. The van der Waals surface area contributed by atoms with Crippen molar-refractivity contribution in [1.29, 1.82) is 0 Å². The Bertz CT molecular complexity index is 696. The van der Waals surface area contributed by atoms with Gasteiger partial charge in [-0.15, -0.1) is 0 Å². The molecule has 106 valence electrons. The highest BCUT2D eigenvalue weighted by Crippen LogP contribution is 2.20. The lowest BCUT2D eigenvalue weighted by atomic mass is 10.1. The first-order valence-electron chi connectivity index (χ1n) is 6.26. The number of furan rings is 1. The van der Waals surface area contributed by atoms with Gasteiger partial charge in [0.2, 0.25) is 11.7 Å². The minimum absolute atomic E-state index is 0.217. The highest BCUT2D eigenvalue weighted by molar-refractivity contribution is 6.05. The highest BCUT2D eigenvalue weighted by atomic mass is 16.5. The summed E-state index contributed by atoms with van der Waals surface area (Å²) >= 11 is 0. The Hall–Kier alpha value is -2.96. The van der Waals surface area contributed by atoms with Crippen LogP contribution in [0.3, 0.4) is 0 Å². The standard InChI is InChI=1S/C14H11N3O4/c18-13-4-3-9(7-15-13)14(19)16-8-10-6-12(21-17-10)11-2-1-5-20-11/h1-7,9H,8H2,(H,16,19). The van der Waals surface area contributed by atoms with Gasteiger partial charge in [-0.25, -0.2) is 4.99 Å². The van der Waals surface area contributed by atoms with Crippen molar-refractivity contribution in [3.63, 3.8) is 0 Å². The Kier molecular flexibility index (Phi) is 3.46. The maximum Gasteiger partial charge on any atom is 0.269 e. The van der Waals surface area contributed by atoms with Gasteiger partial charge in [-0.2, -0.15) is 0 Å². The molecule has 3 rings (SSSR count). The van der Waals surface area contributed by atoms with Gasteiger partial charge in [0, 0.05) is 18.4 Å². The van der Waals surface area contributed by atoms with Gasteiger partial charge in [-0.1, -0.05) is 11.2 Å². The number of nitrogens with zero attached hydrogens (tertiary/aromatic N) is 2. The van der Waals surface area contributed by atoms with Crippen molar-refractivity contribution >= 4 is 18.0 Å². The molecular formula is C14H11N3O4. The van der Waals surface area contributed by atoms with Crippen LogP contribution in [-0.4, -0.2) is 23.2 Å². The molecule has 1 aliphatic rings. The molecule has 2 aromatic heterocycles. The summed E-state index contributed by atoms with van der Waals surface area (Å²) < 4.78 is 10.3. The fourth-order valence-corrected chi connectivity index (χ4v) is 1.81. The zero-order valence-electron chi connectivity index (χ0n) is 10.9. The van der Waals surface area contributed by atoms with Crippen LogP contribution in [0.5, 0.6) is 0 Å². The number of aromatic nitrogens is 1. The van der Waals surface area contributed by atoms with E-state index in [2.05, 4.69) is 15.5 Å². The summed E-state index contributed by atoms with van der Waals surface area (Å²) in [6.07, 6.45) is 5.63. The summed E-state index contributed by atoms with van der Waals surface area (Å²) in [5.41, 5.74) is 0.572. The van der Waals surface area contributed by atoms with Crippen molar-refractivity contribution in [3.8, 4) is 11.5 Å². The zero-order chi connectivity index (χ0) is 14.7. The van der Waals surface area contributed by atoms with E-state index in [1.54, 1.807) is 18.2 Å². The Morgan fingerprint density at radius 1 is 1.38 bits per heavy atom. The largest absolute Gasteiger partial charge is 0.461 e. The summed E-state index contributed by atoms with van der Waals surface area (Å²) in [4.78, 5) is 26.3. The predicted octanol–water partition coefficient (Wildman–Crippen LogP) is 1.33. The molecule has 3 heterocycles. The van der Waals surface area contributed by atoms with Gasteiger partial charge in [0.1, 0.15) is 5.69 Å². The number of carbonyl (C=O) groups is 2. The second kappa shape index (κ2) is 5.58. The lowest BCUT2D eigenvalue weighted by molar-refractivity contribution is -0.122. The number of amides is 2. The first kappa shape index (κ1) is 13.0. The molecule has 0 aliphatic carbocycles. The maximum atomic E-state index is 11.9. The smallest absolute Gasteiger partial charge is 0.269 e. The molecule has 0 spiro atoms. The molecule has 1 atom stereocenters. The molecular weight excluding hydrogens is 274 g/mol. The average Bonchev–Trinajstić information content (AvgIpc) is 3.16. The first-order chi connectivity index (χ1) is 10.2. The third-order valence-corrected chi connectivity index (χ3v) is 2.88. The molecule has 2 aromatic rings. The summed E-state index contributed by atoms with van der Waals surface area (Å²) in [6, 6.07) is 5.19. The van der Waals surface area contributed by atoms with Crippen LogP contribution >= 0.6 is 0 Å². The SMILES string of the molecule is O=C1C=CC(C(=O)NCc2cc(-c3ccco3)on2)C=N1. The highest BCUT2D eigenvalue weighted by Gasteiger charge is 2.17. The van der Waals surface area contributed by atoms with Crippen LogP contribution in [0.4, 0.5) is 0 Å². The van der Waals surface area contributed by atoms with Crippen molar-refractivity contribution in [2.24, 2.45) is 10.9 Å². The molecule has 21 heavy (non-hydrogen) atoms. The van der Waals surface area contributed by atoms with Crippen LogP contribution in [0.15, 0.2) is 50.5 Å². The fraction of sp³-hybridized carbons (Fsp3) is 0.143. The lowest BCUT2D eigenvalue weighted by Gasteiger charge is -2.09. The Morgan fingerprint density at radius 2 is 2.29 bits per heavy atom. The molecule has 0 saturated carbocycles. The molecule has 0 aromatic carbocycles. The second-order valence-electron chi connectivity index (χ2n) is 4.38. The molecule has 7 heteroatoms. The third kappa shape index (κ3) is 2.97. The summed E-state index contributed by atoms with van der Waals surface area (Å²) in [5, 5.41) is 6.54. The number of nitrogens with one attached hydrogen (secondary N) is 1. The van der Waals surface area contributed by atoms with Gasteiger partial charge in [-0.05, 0) is 12.1 Å². The van der Waals surface area contributed by atoms with E-state index in [1.807, 2.05) is 0 Å². The van der Waals surface area contributed by atoms with E-state index in [4.69, 9.17) is 8.94 Å². The first-order valence-corrected chi connectivity index (χ1v) is 6.26. The van der Waals surface area contributed by atoms with E-state index in [-0.39, 0.29) is 18.4 Å². The van der Waals surface area contributed by atoms with Crippen molar-refractivity contribution in [3.05, 3.63) is 42.3 Å². The molecule has 2 amide bonds. The van der Waals surface area contributed by atoms with Crippen LogP contribution < -0.4 is 5.32 Å². The van der Waals surface area contributed by atoms with Gasteiger partial charge in [0.05, 0.1) is 18.7 Å². The van der Waals surface area contributed by atoms with Crippen LogP contribution in [-0.2, 0) is 16.1 Å². The Balaban J connectivity index is 1.58. The summed E-state index contributed by atoms with van der Waals surface area (Å²) in [5.74, 6) is -0.0993. The summed E-state index contributed by atoms with van der Waals surface area (Å²) in [7, 11) is 0. The number of aliphatic imine (C=N–C) groups is 1. The van der Waals surface area contributed by atoms with E-state index in [0.29, 0.717) is 17.2 Å².